The highest BCUT2D eigenvalue weighted by Crippen LogP contribution is 2.10. The van der Waals surface area contributed by atoms with Gasteiger partial charge in [-0.05, 0) is 19.1 Å². The Hall–Kier alpha value is -0.290. The molecule has 0 aliphatic rings. The highest BCUT2D eigenvalue weighted by atomic mass is 35.5. The lowest BCUT2D eigenvalue weighted by molar-refractivity contribution is 0.583. The van der Waals surface area contributed by atoms with Gasteiger partial charge in [-0.15, -0.1) is 23.2 Å². The van der Waals surface area contributed by atoms with Crippen LogP contribution in [0, 0.1) is 6.92 Å². The van der Waals surface area contributed by atoms with E-state index in [0.29, 0.717) is 0 Å². The summed E-state index contributed by atoms with van der Waals surface area (Å²) in [5.74, 6) is 0. The van der Waals surface area contributed by atoms with Crippen LogP contribution in [0.15, 0.2) is 29.2 Å². The summed E-state index contributed by atoms with van der Waals surface area (Å²) in [7, 11) is -3.49. The third-order valence-corrected chi connectivity index (χ3v) is 3.51. The van der Waals surface area contributed by atoms with E-state index >= 15 is 0 Å². The molecule has 0 fully saturated rings. The fourth-order valence-corrected chi connectivity index (χ4v) is 2.36. The second-order valence-electron chi connectivity index (χ2n) is 3.06. The van der Waals surface area contributed by atoms with Crippen LogP contribution in [0.25, 0.3) is 0 Å². The van der Waals surface area contributed by atoms with Gasteiger partial charge in [0.15, 0.2) is 0 Å². The molecule has 0 aliphatic heterocycles. The van der Waals surface area contributed by atoms with E-state index < -0.39 is 14.9 Å². The molecule has 84 valence electrons. The molecule has 0 aromatic heterocycles. The quantitative estimate of drug-likeness (QED) is 0.850. The molecule has 0 amide bonds. The van der Waals surface area contributed by atoms with Gasteiger partial charge in [0, 0.05) is 6.54 Å². The molecule has 6 heteroatoms. The summed E-state index contributed by atoms with van der Waals surface area (Å²) < 4.78 is 25.5. The van der Waals surface area contributed by atoms with Crippen molar-refractivity contribution < 1.29 is 8.42 Å². The lowest BCUT2D eigenvalue weighted by Gasteiger charge is -2.06. The van der Waals surface area contributed by atoms with Gasteiger partial charge in [0.1, 0.15) is 4.84 Å². The number of hydrogen-bond acceptors (Lipinski definition) is 2. The Morgan fingerprint density at radius 2 is 1.80 bits per heavy atom. The Morgan fingerprint density at radius 1 is 1.27 bits per heavy atom. The summed E-state index contributed by atoms with van der Waals surface area (Å²) in [4.78, 5) is -0.535. The Balaban J connectivity index is 2.82. The van der Waals surface area contributed by atoms with E-state index in [1.165, 1.54) is 12.1 Å². The molecule has 0 atom stereocenters. The van der Waals surface area contributed by atoms with Gasteiger partial charge in [-0.3, -0.25) is 0 Å². The SMILES string of the molecule is Cc1ccc(S(=O)(=O)NCC(Cl)Cl)cc1. The van der Waals surface area contributed by atoms with Crippen molar-refractivity contribution in [2.45, 2.75) is 16.7 Å². The van der Waals surface area contributed by atoms with Crippen LogP contribution < -0.4 is 4.72 Å². The maximum Gasteiger partial charge on any atom is 0.240 e. The standard InChI is InChI=1S/C9H11Cl2NO2S/c1-7-2-4-8(5-3-7)15(13,14)12-6-9(10)11/h2-5,9,12H,6H2,1H3. The van der Waals surface area contributed by atoms with Crippen LogP contribution in [-0.2, 0) is 10.0 Å². The molecule has 0 heterocycles. The van der Waals surface area contributed by atoms with Crippen LogP contribution in [0.1, 0.15) is 5.56 Å². The van der Waals surface area contributed by atoms with Crippen molar-refractivity contribution in [2.24, 2.45) is 0 Å². The highest BCUT2D eigenvalue weighted by Gasteiger charge is 2.14. The van der Waals surface area contributed by atoms with E-state index in [-0.39, 0.29) is 11.4 Å². The Kier molecular flexibility index (Phi) is 4.40. The van der Waals surface area contributed by atoms with Gasteiger partial charge in [0.2, 0.25) is 10.0 Å². The van der Waals surface area contributed by atoms with Crippen LogP contribution in [0.2, 0.25) is 0 Å². The summed E-state index contributed by atoms with van der Waals surface area (Å²) in [5, 5.41) is 0. The number of nitrogens with one attached hydrogen (secondary N) is 1. The Labute approximate surface area is 99.4 Å². The van der Waals surface area contributed by atoms with E-state index in [0.717, 1.165) is 5.56 Å². The molecular formula is C9H11Cl2NO2S. The molecule has 3 nitrogen and oxygen atoms in total. The first kappa shape index (κ1) is 12.8. The number of sulfonamides is 1. The predicted octanol–water partition coefficient (Wildman–Crippen LogP) is 2.08. The summed E-state index contributed by atoms with van der Waals surface area (Å²) in [6, 6.07) is 6.53. The van der Waals surface area contributed by atoms with Gasteiger partial charge >= 0.3 is 0 Å². The molecule has 1 aromatic rings. The normalized spacial score (nSPS) is 12.0. The lowest BCUT2D eigenvalue weighted by atomic mass is 10.2. The van der Waals surface area contributed by atoms with Crippen molar-refractivity contribution in [3.05, 3.63) is 29.8 Å². The average Bonchev–Trinajstić information content (AvgIpc) is 2.16. The first-order chi connectivity index (χ1) is 6.92. The number of halogens is 2. The molecule has 0 bridgehead atoms. The zero-order valence-electron chi connectivity index (χ0n) is 8.07. The zero-order valence-corrected chi connectivity index (χ0v) is 10.4. The highest BCUT2D eigenvalue weighted by molar-refractivity contribution is 7.89. The largest absolute Gasteiger partial charge is 0.240 e. The summed E-state index contributed by atoms with van der Waals surface area (Å²) in [6.07, 6.45) is 0. The molecule has 0 unspecified atom stereocenters. The minimum Gasteiger partial charge on any atom is -0.208 e. The molecule has 1 N–H and O–H groups in total. The van der Waals surface area contributed by atoms with E-state index in [2.05, 4.69) is 4.72 Å². The van der Waals surface area contributed by atoms with Gasteiger partial charge in [0.25, 0.3) is 0 Å². The zero-order chi connectivity index (χ0) is 11.5. The minimum atomic E-state index is -3.49. The Morgan fingerprint density at radius 3 is 2.27 bits per heavy atom. The van der Waals surface area contributed by atoms with Crippen LogP contribution in [0.3, 0.4) is 0 Å². The lowest BCUT2D eigenvalue weighted by Crippen LogP contribution is -2.27. The van der Waals surface area contributed by atoms with Crippen molar-refractivity contribution in [3.63, 3.8) is 0 Å². The van der Waals surface area contributed by atoms with Crippen LogP contribution in [0.5, 0.6) is 0 Å². The Bertz CT molecular complexity index is 414. The monoisotopic (exact) mass is 267 g/mol. The second kappa shape index (κ2) is 5.16. The number of benzene rings is 1. The molecule has 1 aromatic carbocycles. The smallest absolute Gasteiger partial charge is 0.208 e. The molecule has 1 rings (SSSR count). The van der Waals surface area contributed by atoms with Gasteiger partial charge in [-0.25, -0.2) is 13.1 Å². The average molecular weight is 268 g/mol. The number of hydrogen-bond donors (Lipinski definition) is 1. The summed E-state index contributed by atoms with van der Waals surface area (Å²) in [6.45, 7) is 1.89. The maximum atomic E-state index is 11.6. The number of aryl methyl sites for hydroxylation is 1. The molecule has 0 saturated heterocycles. The summed E-state index contributed by atoms with van der Waals surface area (Å²) >= 11 is 10.9. The maximum absolute atomic E-state index is 11.6. The predicted molar refractivity (Wildman–Crippen MR) is 61.9 cm³/mol. The third kappa shape index (κ3) is 3.99. The van der Waals surface area contributed by atoms with Gasteiger partial charge in [0.05, 0.1) is 4.90 Å². The topological polar surface area (TPSA) is 46.2 Å². The van der Waals surface area contributed by atoms with Crippen molar-refractivity contribution in [1.29, 1.82) is 0 Å². The van der Waals surface area contributed by atoms with Gasteiger partial charge in [-0.2, -0.15) is 0 Å². The van der Waals surface area contributed by atoms with Crippen molar-refractivity contribution in [2.75, 3.05) is 6.54 Å². The third-order valence-electron chi connectivity index (χ3n) is 1.76. The summed E-state index contributed by atoms with van der Waals surface area (Å²) in [5.41, 5.74) is 1.00. The molecule has 0 aliphatic carbocycles. The molecule has 0 spiro atoms. The van der Waals surface area contributed by atoms with E-state index in [1.54, 1.807) is 12.1 Å². The molecule has 15 heavy (non-hydrogen) atoms. The van der Waals surface area contributed by atoms with Gasteiger partial charge in [-0.1, -0.05) is 17.7 Å². The van der Waals surface area contributed by atoms with E-state index in [1.807, 2.05) is 6.92 Å². The van der Waals surface area contributed by atoms with Crippen LogP contribution >= 0.6 is 23.2 Å². The fraction of sp³-hybridized carbons (Fsp3) is 0.333. The molecule has 0 radical (unpaired) electrons. The second-order valence-corrected chi connectivity index (χ2v) is 6.10. The van der Waals surface area contributed by atoms with Gasteiger partial charge < -0.3 is 0 Å². The molecular weight excluding hydrogens is 257 g/mol. The van der Waals surface area contributed by atoms with E-state index in [4.69, 9.17) is 23.2 Å². The van der Waals surface area contributed by atoms with Crippen LogP contribution in [0.4, 0.5) is 0 Å². The van der Waals surface area contributed by atoms with Crippen molar-refractivity contribution in [3.8, 4) is 0 Å². The number of alkyl halides is 2. The van der Waals surface area contributed by atoms with Crippen LogP contribution in [-0.4, -0.2) is 19.8 Å². The van der Waals surface area contributed by atoms with Crippen molar-refractivity contribution >= 4 is 33.2 Å². The van der Waals surface area contributed by atoms with Crippen molar-refractivity contribution in [1.82, 2.24) is 4.72 Å². The first-order valence-electron chi connectivity index (χ1n) is 4.26. The first-order valence-corrected chi connectivity index (χ1v) is 6.62. The molecule has 0 saturated carbocycles. The minimum absolute atomic E-state index is 0.000674. The van der Waals surface area contributed by atoms with E-state index in [9.17, 15) is 8.42 Å². The fourth-order valence-electron chi connectivity index (χ4n) is 0.973. The number of rotatable bonds is 4.